The van der Waals surface area contributed by atoms with Gasteiger partial charge in [-0.25, -0.2) is 0 Å². The molecule has 3 heteroatoms. The van der Waals surface area contributed by atoms with Gasteiger partial charge in [-0.2, -0.15) is 0 Å². The van der Waals surface area contributed by atoms with Crippen LogP contribution in [0.4, 0.5) is 5.69 Å². The van der Waals surface area contributed by atoms with Gasteiger partial charge in [0.15, 0.2) is 0 Å². The van der Waals surface area contributed by atoms with Gasteiger partial charge in [-0.05, 0) is 37.6 Å². The van der Waals surface area contributed by atoms with Gasteiger partial charge >= 0.3 is 0 Å². The first-order valence-corrected chi connectivity index (χ1v) is 6.04. The third-order valence-electron chi connectivity index (χ3n) is 2.92. The van der Waals surface area contributed by atoms with Crippen molar-refractivity contribution in [2.45, 2.75) is 13.8 Å². The van der Waals surface area contributed by atoms with E-state index < -0.39 is 0 Å². The Kier molecular flexibility index (Phi) is 3.76. The highest BCUT2D eigenvalue weighted by Crippen LogP contribution is 2.15. The molecule has 19 heavy (non-hydrogen) atoms. The van der Waals surface area contributed by atoms with Crippen molar-refractivity contribution in [1.29, 1.82) is 0 Å². The highest BCUT2D eigenvalue weighted by molar-refractivity contribution is 6.05. The molecule has 0 radical (unpaired) electrons. The minimum Gasteiger partial charge on any atom is -0.322 e. The van der Waals surface area contributed by atoms with Crippen LogP contribution >= 0.6 is 0 Å². The van der Waals surface area contributed by atoms with Crippen molar-refractivity contribution >= 4 is 17.9 Å². The first kappa shape index (κ1) is 13.0. The number of anilines is 1. The Bertz CT molecular complexity index is 632. The van der Waals surface area contributed by atoms with E-state index >= 15 is 0 Å². The highest BCUT2D eigenvalue weighted by atomic mass is 16.1. The average molecular weight is 253 g/mol. The van der Waals surface area contributed by atoms with E-state index in [9.17, 15) is 9.59 Å². The molecular formula is C16H15NO2. The number of rotatable bonds is 3. The molecule has 2 rings (SSSR count). The summed E-state index contributed by atoms with van der Waals surface area (Å²) in [6.45, 7) is 3.85. The molecule has 0 spiro atoms. The van der Waals surface area contributed by atoms with Crippen molar-refractivity contribution in [2.75, 3.05) is 5.32 Å². The Morgan fingerprint density at radius 2 is 1.89 bits per heavy atom. The lowest BCUT2D eigenvalue weighted by Crippen LogP contribution is -2.13. The maximum Gasteiger partial charge on any atom is 0.255 e. The lowest BCUT2D eigenvalue weighted by molar-refractivity contribution is 0.102. The molecule has 3 nitrogen and oxygen atoms in total. The molecule has 0 aliphatic rings. The lowest BCUT2D eigenvalue weighted by atomic mass is 10.0. The van der Waals surface area contributed by atoms with Crippen LogP contribution in [0.25, 0.3) is 0 Å². The van der Waals surface area contributed by atoms with Crippen LogP contribution in [-0.4, -0.2) is 12.2 Å². The van der Waals surface area contributed by atoms with Gasteiger partial charge in [0.1, 0.15) is 6.29 Å². The molecule has 0 atom stereocenters. The zero-order valence-corrected chi connectivity index (χ0v) is 10.9. The molecule has 0 aliphatic carbocycles. The maximum absolute atomic E-state index is 12.2. The molecule has 0 saturated carbocycles. The molecule has 0 heterocycles. The topological polar surface area (TPSA) is 46.2 Å². The number of nitrogens with one attached hydrogen (secondary N) is 1. The summed E-state index contributed by atoms with van der Waals surface area (Å²) in [5, 5.41) is 2.80. The number of aryl methyl sites for hydroxylation is 2. The van der Waals surface area contributed by atoms with E-state index in [4.69, 9.17) is 0 Å². The van der Waals surface area contributed by atoms with E-state index in [1.165, 1.54) is 0 Å². The van der Waals surface area contributed by atoms with Crippen LogP contribution in [0.1, 0.15) is 31.8 Å². The SMILES string of the molecule is Cc1ccc(C)c(C(=O)Nc2cccc(C=O)c2)c1. The summed E-state index contributed by atoms with van der Waals surface area (Å²) >= 11 is 0. The van der Waals surface area contributed by atoms with E-state index in [0.29, 0.717) is 16.8 Å². The molecule has 96 valence electrons. The van der Waals surface area contributed by atoms with E-state index in [2.05, 4.69) is 5.32 Å². The molecule has 0 saturated heterocycles. The van der Waals surface area contributed by atoms with Crippen molar-refractivity contribution in [1.82, 2.24) is 0 Å². The van der Waals surface area contributed by atoms with E-state index in [1.54, 1.807) is 24.3 Å². The van der Waals surface area contributed by atoms with E-state index in [0.717, 1.165) is 17.4 Å². The van der Waals surface area contributed by atoms with Gasteiger partial charge < -0.3 is 5.32 Å². The van der Waals surface area contributed by atoms with Gasteiger partial charge in [0, 0.05) is 16.8 Å². The summed E-state index contributed by atoms with van der Waals surface area (Å²) in [6.07, 6.45) is 0.758. The smallest absolute Gasteiger partial charge is 0.255 e. The van der Waals surface area contributed by atoms with Crippen molar-refractivity contribution in [3.8, 4) is 0 Å². The summed E-state index contributed by atoms with van der Waals surface area (Å²) in [6, 6.07) is 12.6. The minimum absolute atomic E-state index is 0.163. The Balaban J connectivity index is 2.25. The van der Waals surface area contributed by atoms with Crippen LogP contribution in [0.5, 0.6) is 0 Å². The number of carbonyl (C=O) groups is 2. The van der Waals surface area contributed by atoms with E-state index in [-0.39, 0.29) is 5.91 Å². The molecule has 1 amide bonds. The number of aldehydes is 1. The van der Waals surface area contributed by atoms with Crippen LogP contribution in [0.15, 0.2) is 42.5 Å². The molecule has 2 aromatic rings. The summed E-state index contributed by atoms with van der Waals surface area (Å²) in [7, 11) is 0. The molecule has 0 aliphatic heterocycles. The fourth-order valence-corrected chi connectivity index (χ4v) is 1.87. The van der Waals surface area contributed by atoms with Gasteiger partial charge in [-0.3, -0.25) is 9.59 Å². The van der Waals surface area contributed by atoms with E-state index in [1.807, 2.05) is 32.0 Å². The van der Waals surface area contributed by atoms with Crippen LogP contribution in [0, 0.1) is 13.8 Å². The molecule has 2 aromatic carbocycles. The molecular weight excluding hydrogens is 238 g/mol. The molecule has 0 fully saturated rings. The van der Waals surface area contributed by atoms with Crippen molar-refractivity contribution < 1.29 is 9.59 Å². The Labute approximate surface area is 112 Å². The van der Waals surface area contributed by atoms with Gasteiger partial charge in [-0.1, -0.05) is 29.8 Å². The monoisotopic (exact) mass is 253 g/mol. The van der Waals surface area contributed by atoms with Gasteiger partial charge in [0.25, 0.3) is 5.91 Å². The van der Waals surface area contributed by atoms with Crippen LogP contribution < -0.4 is 5.32 Å². The summed E-state index contributed by atoms with van der Waals surface area (Å²) in [5.41, 5.74) is 3.78. The molecule has 0 unspecified atom stereocenters. The van der Waals surface area contributed by atoms with Gasteiger partial charge in [0.2, 0.25) is 0 Å². The number of hydrogen-bond donors (Lipinski definition) is 1. The Morgan fingerprint density at radius 3 is 2.63 bits per heavy atom. The second-order valence-corrected chi connectivity index (χ2v) is 4.52. The fraction of sp³-hybridized carbons (Fsp3) is 0.125. The fourth-order valence-electron chi connectivity index (χ4n) is 1.87. The van der Waals surface area contributed by atoms with Crippen LogP contribution in [0.3, 0.4) is 0 Å². The third-order valence-corrected chi connectivity index (χ3v) is 2.92. The number of benzene rings is 2. The van der Waals surface area contributed by atoms with Crippen molar-refractivity contribution in [3.63, 3.8) is 0 Å². The first-order chi connectivity index (χ1) is 9.10. The predicted molar refractivity (Wildman–Crippen MR) is 75.7 cm³/mol. The third kappa shape index (κ3) is 3.07. The van der Waals surface area contributed by atoms with Gasteiger partial charge in [-0.15, -0.1) is 0 Å². The number of carbonyl (C=O) groups excluding carboxylic acids is 2. The molecule has 0 bridgehead atoms. The van der Waals surface area contributed by atoms with Crippen molar-refractivity contribution in [3.05, 3.63) is 64.7 Å². The lowest BCUT2D eigenvalue weighted by Gasteiger charge is -2.09. The molecule has 1 N–H and O–H groups in total. The second-order valence-electron chi connectivity index (χ2n) is 4.52. The normalized spacial score (nSPS) is 10.0. The second kappa shape index (κ2) is 5.48. The summed E-state index contributed by atoms with van der Waals surface area (Å²) in [4.78, 5) is 22.9. The maximum atomic E-state index is 12.2. The van der Waals surface area contributed by atoms with Crippen LogP contribution in [-0.2, 0) is 0 Å². The number of amides is 1. The standard InChI is InChI=1S/C16H15NO2/c1-11-6-7-12(2)15(8-11)16(19)17-14-5-3-4-13(9-14)10-18/h3-10H,1-2H3,(H,17,19). The zero-order valence-electron chi connectivity index (χ0n) is 10.9. The minimum atomic E-state index is -0.163. The average Bonchev–Trinajstić information content (AvgIpc) is 2.41. The summed E-state index contributed by atoms with van der Waals surface area (Å²) < 4.78 is 0. The quantitative estimate of drug-likeness (QED) is 0.852. The highest BCUT2D eigenvalue weighted by Gasteiger charge is 2.09. The largest absolute Gasteiger partial charge is 0.322 e. The Morgan fingerprint density at radius 1 is 1.11 bits per heavy atom. The molecule has 0 aromatic heterocycles. The van der Waals surface area contributed by atoms with Crippen LogP contribution in [0.2, 0.25) is 0 Å². The van der Waals surface area contributed by atoms with Crippen molar-refractivity contribution in [2.24, 2.45) is 0 Å². The van der Waals surface area contributed by atoms with Gasteiger partial charge in [0.05, 0.1) is 0 Å². The Hall–Kier alpha value is -2.42. The zero-order chi connectivity index (χ0) is 13.8. The first-order valence-electron chi connectivity index (χ1n) is 6.04. The predicted octanol–water partition coefficient (Wildman–Crippen LogP) is 3.37. The number of hydrogen-bond acceptors (Lipinski definition) is 2. The summed E-state index contributed by atoms with van der Waals surface area (Å²) in [5.74, 6) is -0.163.